The Balaban J connectivity index is 0.000000495. The van der Waals surface area contributed by atoms with Crippen molar-refractivity contribution in [3.63, 3.8) is 0 Å². The summed E-state index contributed by atoms with van der Waals surface area (Å²) in [4.78, 5) is 0. The summed E-state index contributed by atoms with van der Waals surface area (Å²) in [6, 6.07) is 44.0. The molecule has 0 saturated carbocycles. The third kappa shape index (κ3) is 12.8. The number of hydrogen-bond donors (Lipinski definition) is 0. The van der Waals surface area contributed by atoms with Crippen molar-refractivity contribution in [2.24, 2.45) is 0 Å². The zero-order valence-electron chi connectivity index (χ0n) is 22.8. The molecular weight excluding hydrogens is 781 g/mol. The van der Waals surface area contributed by atoms with E-state index in [2.05, 4.69) is 133 Å². The second-order valence-electron chi connectivity index (χ2n) is 8.52. The minimum Gasteiger partial charge on any atom is -0.741 e. The first-order valence-electron chi connectivity index (χ1n) is 12.1. The molecule has 0 N–H and O–H groups in total. The number of rotatable bonds is 6. The van der Waals surface area contributed by atoms with Crippen molar-refractivity contribution in [1.29, 1.82) is 0 Å². The van der Waals surface area contributed by atoms with E-state index in [1.54, 1.807) is 0 Å². The van der Waals surface area contributed by atoms with Crippen molar-refractivity contribution in [2.45, 2.75) is 11.0 Å². The van der Waals surface area contributed by atoms with Crippen LogP contribution in [0.2, 0.25) is 0 Å². The molecule has 0 aliphatic rings. The van der Waals surface area contributed by atoms with Gasteiger partial charge in [-0.1, -0.05) is 77.2 Å². The van der Waals surface area contributed by atoms with Gasteiger partial charge >= 0.3 is 31.4 Å². The van der Waals surface area contributed by atoms with Crippen molar-refractivity contribution in [2.75, 3.05) is 7.05 Å². The minimum absolute atomic E-state index is 0. The molecule has 4 aromatic carbocycles. The average Bonchev–Trinajstić information content (AvgIpc) is 2.94. The van der Waals surface area contributed by atoms with Crippen LogP contribution in [0.1, 0.15) is 0 Å². The van der Waals surface area contributed by atoms with Crippen molar-refractivity contribution in [1.82, 2.24) is 4.44 Å². The molecule has 0 aliphatic heterocycles. The summed E-state index contributed by atoms with van der Waals surface area (Å²) in [6.07, 6.45) is 0. The molecule has 0 saturated heterocycles. The van der Waals surface area contributed by atoms with Gasteiger partial charge in [-0.2, -0.15) is 26.3 Å². The predicted molar refractivity (Wildman–Crippen MR) is 160 cm³/mol. The van der Waals surface area contributed by atoms with Crippen molar-refractivity contribution < 1.29 is 72.7 Å². The van der Waals surface area contributed by atoms with E-state index in [4.69, 9.17) is 25.9 Å². The Morgan fingerprint density at radius 3 is 0.778 bits per heavy atom. The minimum atomic E-state index is -6.09. The first-order valence-corrected chi connectivity index (χ1v) is 17.8. The number of benzene rings is 4. The van der Waals surface area contributed by atoms with Gasteiger partial charge in [0, 0.05) is 0 Å². The fourth-order valence-electron chi connectivity index (χ4n) is 3.60. The first-order chi connectivity index (χ1) is 20.3. The Labute approximate surface area is 273 Å². The zero-order valence-corrected chi connectivity index (χ0v) is 28.0. The molecule has 0 fully saturated rings. The maximum atomic E-state index is 10.7. The summed E-state index contributed by atoms with van der Waals surface area (Å²) in [6.45, 7) is 0. The Bertz CT molecular complexity index is 1450. The van der Waals surface area contributed by atoms with Crippen LogP contribution in [0, 0.1) is 0 Å². The summed E-state index contributed by atoms with van der Waals surface area (Å²) in [5, 5.41) is 5.71. The third-order valence-corrected chi connectivity index (χ3v) is 12.8. The van der Waals surface area contributed by atoms with Gasteiger partial charge in [-0.3, -0.25) is 0 Å². The van der Waals surface area contributed by atoms with Gasteiger partial charge in [0.05, 0.1) is 7.05 Å². The van der Waals surface area contributed by atoms with E-state index in [9.17, 15) is 26.3 Å². The van der Waals surface area contributed by atoms with Crippen molar-refractivity contribution >= 4 is 57.6 Å². The molecule has 4 aromatic rings. The molecule has 0 radical (unpaired) electrons. The summed E-state index contributed by atoms with van der Waals surface area (Å²) in [5.41, 5.74) is -11.3. The van der Waals surface area contributed by atoms with Crippen LogP contribution in [-0.4, -0.2) is 48.4 Å². The van der Waals surface area contributed by atoms with Gasteiger partial charge in [0.25, 0.3) is 0 Å². The van der Waals surface area contributed by atoms with Gasteiger partial charge < -0.3 is 9.11 Å². The van der Waals surface area contributed by atoms with Gasteiger partial charge in [-0.15, -0.1) is 0 Å². The monoisotopic (exact) mass is 805 g/mol. The Morgan fingerprint density at radius 1 is 0.489 bits per heavy atom. The standard InChI is InChI=1S/C25H23NP2.2CHF3O3S.Pd/c1-26(27(22-14-6-2-7-15-22)23-16-8-3-9-17-23)28(24-18-10-4-11-19-24)25-20-12-5-13-21-25;2*2-1(3,4)8(5,6)7;/h2-21H,1H3;2*(H,5,6,7);/q;;;+2. The Morgan fingerprint density at radius 2 is 0.644 bits per heavy atom. The van der Waals surface area contributed by atoms with Gasteiger partial charge in [-0.25, -0.2) is 16.8 Å². The molecule has 7 nitrogen and oxygen atoms in total. The van der Waals surface area contributed by atoms with Gasteiger partial charge in [0.2, 0.25) is 0 Å². The number of hydrogen-bond acceptors (Lipinski definition) is 7. The Kier molecular flexibility index (Phi) is 16.0. The van der Waals surface area contributed by atoms with Gasteiger partial charge in [0.15, 0.2) is 36.4 Å². The largest absolute Gasteiger partial charge is 2.00 e. The number of halogens is 6. The summed E-state index contributed by atoms with van der Waals surface area (Å²) in [5.74, 6) is 0. The van der Waals surface area contributed by atoms with Crippen molar-refractivity contribution in [3.05, 3.63) is 121 Å². The predicted octanol–water partition coefficient (Wildman–Crippen LogP) is 4.58. The van der Waals surface area contributed by atoms with Crippen molar-refractivity contribution in [3.8, 4) is 0 Å². The first kappa shape index (κ1) is 40.8. The topological polar surface area (TPSA) is 118 Å². The van der Waals surface area contributed by atoms with E-state index in [1.165, 1.54) is 21.2 Å². The summed E-state index contributed by atoms with van der Waals surface area (Å²) >= 11 is 0. The molecule has 18 heteroatoms. The summed E-state index contributed by atoms with van der Waals surface area (Å²) < 4.78 is 120. The molecule has 0 aromatic heterocycles. The second kappa shape index (κ2) is 17.6. The molecule has 0 aliphatic carbocycles. The van der Waals surface area contributed by atoms with Crippen LogP contribution in [0.25, 0.3) is 0 Å². The number of nitrogens with zero attached hydrogens (tertiary/aromatic N) is 1. The van der Waals surface area contributed by atoms with Gasteiger partial charge in [0.1, 0.15) is 21.2 Å². The summed E-state index contributed by atoms with van der Waals surface area (Å²) in [7, 11) is -12.0. The molecule has 0 bridgehead atoms. The van der Waals surface area contributed by atoms with Crippen LogP contribution in [0.3, 0.4) is 0 Å². The van der Waals surface area contributed by atoms with E-state index < -0.39 is 47.4 Å². The van der Waals surface area contributed by atoms with Crippen LogP contribution in [0.4, 0.5) is 26.3 Å². The van der Waals surface area contributed by atoms with Crippen LogP contribution in [-0.2, 0) is 40.7 Å². The molecule has 0 heterocycles. The normalized spacial score (nSPS) is 12.0. The second-order valence-corrected chi connectivity index (χ2v) is 16.8. The fourth-order valence-corrected chi connectivity index (χ4v) is 10.3. The maximum Gasteiger partial charge on any atom is 2.00 e. The van der Waals surface area contributed by atoms with Crippen LogP contribution < -0.4 is 21.2 Å². The average molecular weight is 806 g/mol. The maximum absolute atomic E-state index is 10.7. The number of alkyl halides is 6. The molecule has 0 unspecified atom stereocenters. The van der Waals surface area contributed by atoms with Gasteiger partial charge in [-0.05, 0) is 48.5 Å². The molecule has 45 heavy (non-hydrogen) atoms. The smallest absolute Gasteiger partial charge is 0.741 e. The van der Waals surface area contributed by atoms with E-state index in [-0.39, 0.29) is 20.4 Å². The molecule has 0 atom stereocenters. The molecule has 4 rings (SSSR count). The Hall–Kier alpha value is -2.24. The third-order valence-electron chi connectivity index (χ3n) is 5.43. The van der Waals surface area contributed by atoms with Crippen LogP contribution in [0.15, 0.2) is 121 Å². The van der Waals surface area contributed by atoms with E-state index in [0.29, 0.717) is 0 Å². The molecule has 0 amide bonds. The molecular formula is C27H25F6NO6P2PdS2+2. The quantitative estimate of drug-likeness (QED) is 0.0922. The van der Waals surface area contributed by atoms with E-state index in [1.807, 2.05) is 0 Å². The zero-order chi connectivity index (χ0) is 33.2. The van der Waals surface area contributed by atoms with E-state index in [0.717, 1.165) is 0 Å². The van der Waals surface area contributed by atoms with Crippen LogP contribution >= 0.6 is 16.1 Å². The fraction of sp³-hybridized carbons (Fsp3) is 0.111. The van der Waals surface area contributed by atoms with E-state index >= 15 is 0 Å². The molecule has 0 spiro atoms. The SMILES string of the molecule is CN([PH+](c1ccccc1)c1ccccc1)[PH+](c1ccccc1)c1ccccc1.O=S(=O)([O-])C(F)(F)F.O=S(=O)([O-])C(F)(F)F.[Pd+2]. The molecule has 246 valence electrons. The van der Waals surface area contributed by atoms with Crippen LogP contribution in [0.5, 0.6) is 0 Å².